The first-order valence-electron chi connectivity index (χ1n) is 8.72. The Labute approximate surface area is 172 Å². The number of nitrogens with one attached hydrogen (secondary N) is 1. The molecule has 0 aliphatic heterocycles. The minimum Gasteiger partial charge on any atom is -0.333 e. The van der Waals surface area contributed by atoms with E-state index in [9.17, 15) is 0 Å². The van der Waals surface area contributed by atoms with Gasteiger partial charge in [0.05, 0.1) is 0 Å². The van der Waals surface area contributed by atoms with Crippen molar-refractivity contribution >= 4 is 25.2 Å². The van der Waals surface area contributed by atoms with Crippen LogP contribution in [0.25, 0.3) is 0 Å². The molecule has 0 aliphatic rings. The van der Waals surface area contributed by atoms with E-state index in [1.165, 1.54) is 26.3 Å². The lowest BCUT2D eigenvalue weighted by Crippen LogP contribution is -2.01. The van der Waals surface area contributed by atoms with Crippen molar-refractivity contribution in [1.29, 1.82) is 0 Å². The molecule has 0 saturated heterocycles. The Morgan fingerprint density at radius 1 is 0.640 bits per heavy atom. The van der Waals surface area contributed by atoms with Gasteiger partial charge in [-0.3, -0.25) is 0 Å². The summed E-state index contributed by atoms with van der Waals surface area (Å²) in [5.74, 6) is 0. The minimum absolute atomic E-state index is 0. The SMILES string of the molecule is C.CC.CCC.CCC.CCC.CCNC.CN.CN(C)C.[B].[B].[B]. The van der Waals surface area contributed by atoms with E-state index in [0.29, 0.717) is 0 Å². The third-order valence-electron chi connectivity index (χ3n) is 0.354. The highest BCUT2D eigenvalue weighted by atomic mass is 15.0. The van der Waals surface area contributed by atoms with Crippen LogP contribution in [-0.4, -0.2) is 71.9 Å². The van der Waals surface area contributed by atoms with Gasteiger partial charge in [-0.25, -0.2) is 0 Å². The summed E-state index contributed by atoms with van der Waals surface area (Å²) in [6.07, 6.45) is 3.75. The van der Waals surface area contributed by atoms with E-state index < -0.39 is 0 Å². The zero-order valence-corrected chi connectivity index (χ0v) is 20.1. The third-order valence-corrected chi connectivity index (χ3v) is 0.354. The van der Waals surface area contributed by atoms with Crippen LogP contribution in [0.3, 0.4) is 0 Å². The first kappa shape index (κ1) is 73.4. The fourth-order valence-corrected chi connectivity index (χ4v) is 0. The van der Waals surface area contributed by atoms with Crippen molar-refractivity contribution in [1.82, 2.24) is 10.2 Å². The van der Waals surface area contributed by atoms with Gasteiger partial charge in [0.2, 0.25) is 0 Å². The highest BCUT2D eigenvalue weighted by Gasteiger charge is 1.58. The van der Waals surface area contributed by atoms with Gasteiger partial charge in [0.15, 0.2) is 0 Å². The van der Waals surface area contributed by atoms with E-state index in [0.717, 1.165) is 6.54 Å². The van der Waals surface area contributed by atoms with Gasteiger partial charge >= 0.3 is 0 Å². The molecule has 0 aliphatic carbocycles. The highest BCUT2D eigenvalue weighted by Crippen LogP contribution is 1.57. The van der Waals surface area contributed by atoms with Crippen molar-refractivity contribution in [3.63, 3.8) is 0 Å². The number of hydrogen-bond donors (Lipinski definition) is 2. The predicted octanol–water partition coefficient (Wildman–Crippen LogP) is 4.75. The fraction of sp³-hybridized carbons (Fsp3) is 1.00. The quantitative estimate of drug-likeness (QED) is 0.664. The van der Waals surface area contributed by atoms with Gasteiger partial charge in [-0.05, 0) is 41.8 Å². The molecule has 0 amide bonds. The van der Waals surface area contributed by atoms with E-state index in [-0.39, 0.29) is 32.7 Å². The molecule has 0 unspecified atom stereocenters. The summed E-state index contributed by atoms with van der Waals surface area (Å²) in [7, 11) is 9.43. The minimum atomic E-state index is 0. The summed E-state index contributed by atoms with van der Waals surface area (Å²) in [5.41, 5.74) is 4.50. The van der Waals surface area contributed by atoms with Crippen LogP contribution >= 0.6 is 0 Å². The molecular weight excluding hydrogens is 303 g/mol. The van der Waals surface area contributed by atoms with Crippen LogP contribution in [0.15, 0.2) is 0 Å². The smallest absolute Gasteiger partial charge is 0 e. The molecule has 0 saturated carbocycles. The predicted molar refractivity (Wildman–Crippen MR) is 133 cm³/mol. The lowest BCUT2D eigenvalue weighted by atomic mass is 10.6. The van der Waals surface area contributed by atoms with Crippen LogP contribution in [0, 0.1) is 0 Å². The highest BCUT2D eigenvalue weighted by molar-refractivity contribution is 5.76. The maximum absolute atomic E-state index is 4.50. The molecule has 0 aromatic rings. The maximum Gasteiger partial charge on any atom is 0 e. The van der Waals surface area contributed by atoms with Crippen molar-refractivity contribution in [2.24, 2.45) is 5.73 Å². The van der Waals surface area contributed by atoms with Crippen molar-refractivity contribution < 1.29 is 0 Å². The molecule has 0 fully saturated rings. The molecule has 157 valence electrons. The van der Waals surface area contributed by atoms with E-state index in [2.05, 4.69) is 59.5 Å². The van der Waals surface area contributed by atoms with E-state index in [4.69, 9.17) is 0 Å². The van der Waals surface area contributed by atoms with Crippen LogP contribution in [0.5, 0.6) is 0 Å². The Morgan fingerprint density at radius 3 is 0.680 bits per heavy atom. The van der Waals surface area contributed by atoms with Crippen LogP contribution < -0.4 is 11.1 Å². The first-order chi connectivity index (χ1) is 9.89. The number of hydrogen-bond acceptors (Lipinski definition) is 3. The van der Waals surface area contributed by atoms with Crippen LogP contribution in [-0.2, 0) is 0 Å². The van der Waals surface area contributed by atoms with Crippen LogP contribution in [0.2, 0.25) is 0 Å². The molecule has 0 spiro atoms. The number of rotatable bonds is 1. The Kier molecular flexibility index (Phi) is 577. The monoisotopic (exact) mass is 360 g/mol. The summed E-state index contributed by atoms with van der Waals surface area (Å²) >= 11 is 0. The van der Waals surface area contributed by atoms with E-state index in [1.54, 1.807) is 0 Å². The molecule has 9 radical (unpaired) electrons. The zero-order valence-electron chi connectivity index (χ0n) is 20.1. The summed E-state index contributed by atoms with van der Waals surface area (Å²) in [5, 5.41) is 2.93. The standard InChI is InChI=1S/2C3H9N.3C3H8.C2H6.CH5N.CH4.3B/c1-4(2)3;1-3-4-2;3*1-3-2;2*1-2;;;;/h1-3H3;4H,3H2,1-2H3;3*3H2,1-2H3;1-2H3;2H2,1H3;1H4;;;. The van der Waals surface area contributed by atoms with Crippen molar-refractivity contribution in [3.8, 4) is 0 Å². The largest absolute Gasteiger partial charge is 0.333 e. The maximum atomic E-state index is 4.50. The summed E-state index contributed by atoms with van der Waals surface area (Å²) in [6.45, 7) is 19.9. The molecule has 0 aromatic heterocycles. The molecule has 0 atom stereocenters. The lowest BCUT2D eigenvalue weighted by molar-refractivity contribution is 0.505. The fourth-order valence-electron chi connectivity index (χ4n) is 0. The van der Waals surface area contributed by atoms with Gasteiger partial charge in [-0.2, -0.15) is 0 Å². The Morgan fingerprint density at radius 2 is 0.680 bits per heavy atom. The number of nitrogens with two attached hydrogens (primary N) is 1. The molecule has 6 heteroatoms. The summed E-state index contributed by atoms with van der Waals surface area (Å²) in [4.78, 5) is 2.00. The van der Waals surface area contributed by atoms with Gasteiger partial charge < -0.3 is 16.0 Å². The zero-order chi connectivity index (χ0) is 19.1. The molecular formula is C19H57B3N3. The lowest BCUT2D eigenvalue weighted by Gasteiger charge is -1.90. The van der Waals surface area contributed by atoms with Gasteiger partial charge in [-0.1, -0.05) is 89.0 Å². The second-order valence-electron chi connectivity index (χ2n) is 4.17. The van der Waals surface area contributed by atoms with Gasteiger partial charge in [0.25, 0.3) is 0 Å². The van der Waals surface area contributed by atoms with Crippen molar-refractivity contribution in [2.45, 2.75) is 89.0 Å². The second-order valence-corrected chi connectivity index (χ2v) is 4.17. The molecule has 3 nitrogen and oxygen atoms in total. The average molecular weight is 360 g/mol. The van der Waals surface area contributed by atoms with Crippen LogP contribution in [0.4, 0.5) is 0 Å². The molecule has 0 aromatic carbocycles. The molecule has 0 bridgehead atoms. The Hall–Kier alpha value is 0.0748. The first-order valence-corrected chi connectivity index (χ1v) is 8.72. The second kappa shape index (κ2) is 197. The summed E-state index contributed by atoms with van der Waals surface area (Å²) in [6, 6.07) is 0. The van der Waals surface area contributed by atoms with E-state index in [1.807, 2.05) is 46.9 Å². The van der Waals surface area contributed by atoms with Gasteiger partial charge in [0, 0.05) is 25.2 Å². The summed E-state index contributed by atoms with van der Waals surface area (Å²) < 4.78 is 0. The molecule has 0 heterocycles. The Balaban J connectivity index is -0.0000000100. The van der Waals surface area contributed by atoms with Crippen molar-refractivity contribution in [3.05, 3.63) is 0 Å². The van der Waals surface area contributed by atoms with Crippen LogP contribution in [0.1, 0.15) is 89.0 Å². The van der Waals surface area contributed by atoms with Crippen molar-refractivity contribution in [2.75, 3.05) is 41.8 Å². The number of nitrogens with zero attached hydrogens (tertiary/aromatic N) is 1. The molecule has 25 heavy (non-hydrogen) atoms. The van der Waals surface area contributed by atoms with Gasteiger partial charge in [-0.15, -0.1) is 0 Å². The third kappa shape index (κ3) is 10200. The molecule has 3 N–H and O–H groups in total. The average Bonchev–Trinajstić information content (AvgIpc) is 2.45. The topological polar surface area (TPSA) is 41.3 Å². The molecule has 0 rings (SSSR count). The normalized spacial score (nSPS) is 5.28. The Bertz CT molecular complexity index is 62.4. The van der Waals surface area contributed by atoms with E-state index >= 15 is 0 Å². The van der Waals surface area contributed by atoms with Gasteiger partial charge in [0.1, 0.15) is 0 Å².